The summed E-state index contributed by atoms with van der Waals surface area (Å²) < 4.78 is 0. The molecule has 1 rings (SSSR count). The van der Waals surface area contributed by atoms with E-state index in [1.54, 1.807) is 6.92 Å². The number of nitrogens with zero attached hydrogens (tertiary/aromatic N) is 1. The van der Waals surface area contributed by atoms with Crippen molar-refractivity contribution in [3.05, 3.63) is 0 Å². The van der Waals surface area contributed by atoms with E-state index in [9.17, 15) is 14.4 Å². The first kappa shape index (κ1) is 18.5. The fourth-order valence-electron chi connectivity index (χ4n) is 2.48. The van der Waals surface area contributed by atoms with Crippen LogP contribution in [-0.4, -0.2) is 41.4 Å². The topological polar surface area (TPSA) is 78.5 Å². The van der Waals surface area contributed by atoms with E-state index in [1.807, 2.05) is 13.8 Å². The second-order valence-electron chi connectivity index (χ2n) is 6.66. The summed E-state index contributed by atoms with van der Waals surface area (Å²) in [6.07, 6.45) is 4.80. The third-order valence-corrected chi connectivity index (χ3v) is 3.88. The Bertz CT molecular complexity index is 423. The van der Waals surface area contributed by atoms with E-state index in [2.05, 4.69) is 17.6 Å². The standard InChI is InChI=1S/C16H29N3O3/c1-5-6-7-8-9-16(4)14(21)19(15(22)18-16)11-13(20)17-10-12(2)3/h12H,5-11H2,1-4H3,(H,17,20)(H,18,22)/t16-/m1/s1. The maximum absolute atomic E-state index is 12.4. The zero-order valence-corrected chi connectivity index (χ0v) is 14.2. The number of hydrogen-bond donors (Lipinski definition) is 2. The minimum atomic E-state index is -0.872. The van der Waals surface area contributed by atoms with E-state index in [4.69, 9.17) is 0 Å². The van der Waals surface area contributed by atoms with Crippen LogP contribution >= 0.6 is 0 Å². The van der Waals surface area contributed by atoms with Crippen molar-refractivity contribution in [2.24, 2.45) is 5.92 Å². The van der Waals surface area contributed by atoms with Crippen molar-refractivity contribution in [3.63, 3.8) is 0 Å². The number of rotatable bonds is 9. The Morgan fingerprint density at radius 3 is 2.55 bits per heavy atom. The number of carbonyl (C=O) groups excluding carboxylic acids is 3. The SMILES string of the molecule is CCCCCC[C@@]1(C)NC(=O)N(CC(=O)NCC(C)C)C1=O. The van der Waals surface area contributed by atoms with Crippen LogP contribution in [0.25, 0.3) is 0 Å². The molecule has 2 N–H and O–H groups in total. The molecule has 1 aliphatic rings. The third-order valence-electron chi connectivity index (χ3n) is 3.88. The summed E-state index contributed by atoms with van der Waals surface area (Å²) in [7, 11) is 0. The van der Waals surface area contributed by atoms with Crippen molar-refractivity contribution in [1.29, 1.82) is 0 Å². The summed E-state index contributed by atoms with van der Waals surface area (Å²) in [4.78, 5) is 37.3. The van der Waals surface area contributed by atoms with Crippen molar-refractivity contribution >= 4 is 17.8 Å². The Labute approximate surface area is 133 Å². The molecule has 0 spiro atoms. The van der Waals surface area contributed by atoms with Crippen LogP contribution in [0.3, 0.4) is 0 Å². The molecule has 1 fully saturated rings. The largest absolute Gasteiger partial charge is 0.354 e. The zero-order valence-electron chi connectivity index (χ0n) is 14.2. The third kappa shape index (κ3) is 5.00. The molecule has 0 aliphatic carbocycles. The molecule has 0 aromatic rings. The molecule has 126 valence electrons. The number of hydrogen-bond acceptors (Lipinski definition) is 3. The van der Waals surface area contributed by atoms with Gasteiger partial charge in [0, 0.05) is 6.54 Å². The number of carbonyl (C=O) groups is 3. The minimum Gasteiger partial charge on any atom is -0.354 e. The summed E-state index contributed by atoms with van der Waals surface area (Å²) in [5, 5.41) is 5.46. The molecule has 1 heterocycles. The van der Waals surface area contributed by atoms with Crippen LogP contribution < -0.4 is 10.6 Å². The lowest BCUT2D eigenvalue weighted by molar-refractivity contribution is -0.134. The van der Waals surface area contributed by atoms with Crippen LogP contribution in [0.15, 0.2) is 0 Å². The molecule has 22 heavy (non-hydrogen) atoms. The van der Waals surface area contributed by atoms with Crippen molar-refractivity contribution in [3.8, 4) is 0 Å². The van der Waals surface area contributed by atoms with Crippen molar-refractivity contribution in [2.75, 3.05) is 13.1 Å². The van der Waals surface area contributed by atoms with Crippen molar-refractivity contribution in [1.82, 2.24) is 15.5 Å². The number of urea groups is 1. The van der Waals surface area contributed by atoms with Crippen molar-refractivity contribution < 1.29 is 14.4 Å². The Kier molecular flexibility index (Phi) is 6.84. The van der Waals surface area contributed by atoms with Gasteiger partial charge in [0.05, 0.1) is 0 Å². The van der Waals surface area contributed by atoms with E-state index in [-0.39, 0.29) is 18.4 Å². The monoisotopic (exact) mass is 311 g/mol. The second kappa shape index (κ2) is 8.15. The molecular weight excluding hydrogens is 282 g/mol. The highest BCUT2D eigenvalue weighted by Gasteiger charge is 2.47. The van der Waals surface area contributed by atoms with Crippen LogP contribution in [0.5, 0.6) is 0 Å². The fraction of sp³-hybridized carbons (Fsp3) is 0.812. The van der Waals surface area contributed by atoms with E-state index in [0.29, 0.717) is 18.9 Å². The van der Waals surface area contributed by atoms with Crippen LogP contribution in [-0.2, 0) is 9.59 Å². The molecule has 0 radical (unpaired) electrons. The molecular formula is C16H29N3O3. The van der Waals surface area contributed by atoms with Gasteiger partial charge in [0.25, 0.3) is 5.91 Å². The lowest BCUT2D eigenvalue weighted by Crippen LogP contribution is -2.45. The lowest BCUT2D eigenvalue weighted by atomic mass is 9.94. The van der Waals surface area contributed by atoms with Gasteiger partial charge < -0.3 is 10.6 Å². The minimum absolute atomic E-state index is 0.206. The van der Waals surface area contributed by atoms with Gasteiger partial charge in [-0.05, 0) is 19.3 Å². The summed E-state index contributed by atoms with van der Waals surface area (Å²) in [5.41, 5.74) is -0.872. The summed E-state index contributed by atoms with van der Waals surface area (Å²) in [6.45, 7) is 8.17. The van der Waals surface area contributed by atoms with Gasteiger partial charge in [0.2, 0.25) is 5.91 Å². The second-order valence-corrected chi connectivity index (χ2v) is 6.66. The number of nitrogens with one attached hydrogen (secondary N) is 2. The van der Waals surface area contributed by atoms with Crippen LogP contribution in [0.1, 0.15) is 59.8 Å². The highest BCUT2D eigenvalue weighted by atomic mass is 16.2. The first-order valence-corrected chi connectivity index (χ1v) is 8.21. The van der Waals surface area contributed by atoms with E-state index in [1.165, 1.54) is 0 Å². The summed E-state index contributed by atoms with van der Waals surface area (Å²) in [5.74, 6) is -0.267. The highest BCUT2D eigenvalue weighted by Crippen LogP contribution is 2.23. The average molecular weight is 311 g/mol. The first-order chi connectivity index (χ1) is 10.3. The van der Waals surface area contributed by atoms with Gasteiger partial charge in [0.1, 0.15) is 12.1 Å². The molecule has 6 nitrogen and oxygen atoms in total. The van der Waals surface area contributed by atoms with Gasteiger partial charge >= 0.3 is 6.03 Å². The molecule has 6 heteroatoms. The molecule has 0 aromatic carbocycles. The summed E-state index contributed by atoms with van der Waals surface area (Å²) >= 11 is 0. The normalized spacial score (nSPS) is 21.4. The lowest BCUT2D eigenvalue weighted by Gasteiger charge is -2.21. The van der Waals surface area contributed by atoms with Crippen molar-refractivity contribution in [2.45, 2.75) is 65.3 Å². The van der Waals surface area contributed by atoms with Gasteiger partial charge in [-0.25, -0.2) is 4.79 Å². The number of unbranched alkanes of at least 4 members (excludes halogenated alkanes) is 3. The number of amides is 4. The first-order valence-electron chi connectivity index (χ1n) is 8.21. The maximum atomic E-state index is 12.4. The molecule has 0 aromatic heterocycles. The maximum Gasteiger partial charge on any atom is 0.325 e. The van der Waals surface area contributed by atoms with E-state index >= 15 is 0 Å². The Morgan fingerprint density at radius 2 is 1.95 bits per heavy atom. The average Bonchev–Trinajstić information content (AvgIpc) is 2.65. The van der Waals surface area contributed by atoms with Gasteiger partial charge in [-0.2, -0.15) is 0 Å². The zero-order chi connectivity index (χ0) is 16.8. The fourth-order valence-corrected chi connectivity index (χ4v) is 2.48. The molecule has 0 saturated carbocycles. The van der Waals surface area contributed by atoms with E-state index in [0.717, 1.165) is 30.6 Å². The summed E-state index contributed by atoms with van der Waals surface area (Å²) in [6, 6.07) is -0.470. The van der Waals surface area contributed by atoms with E-state index < -0.39 is 11.6 Å². The predicted molar refractivity (Wildman–Crippen MR) is 85.3 cm³/mol. The van der Waals surface area contributed by atoms with Gasteiger partial charge in [-0.3, -0.25) is 14.5 Å². The highest BCUT2D eigenvalue weighted by molar-refractivity contribution is 6.08. The Morgan fingerprint density at radius 1 is 1.27 bits per heavy atom. The smallest absolute Gasteiger partial charge is 0.325 e. The molecule has 4 amide bonds. The molecule has 1 saturated heterocycles. The van der Waals surface area contributed by atoms with Gasteiger partial charge in [-0.15, -0.1) is 0 Å². The molecule has 1 aliphatic heterocycles. The Hall–Kier alpha value is -1.59. The molecule has 0 unspecified atom stereocenters. The van der Waals surface area contributed by atoms with Crippen LogP contribution in [0.2, 0.25) is 0 Å². The van der Waals surface area contributed by atoms with Crippen LogP contribution in [0, 0.1) is 5.92 Å². The number of imide groups is 1. The predicted octanol–water partition coefficient (Wildman–Crippen LogP) is 2.04. The van der Waals surface area contributed by atoms with Crippen LogP contribution in [0.4, 0.5) is 4.79 Å². The molecule has 1 atom stereocenters. The van der Waals surface area contributed by atoms with Gasteiger partial charge in [0.15, 0.2) is 0 Å². The van der Waals surface area contributed by atoms with Gasteiger partial charge in [-0.1, -0.05) is 46.5 Å². The quantitative estimate of drug-likeness (QED) is 0.505. The molecule has 0 bridgehead atoms. The Balaban J connectivity index is 2.54.